The summed E-state index contributed by atoms with van der Waals surface area (Å²) in [5.74, 6) is 3.68. The normalized spacial score (nSPS) is 16.4. The van der Waals surface area contributed by atoms with Crippen molar-refractivity contribution >= 4 is 16.1 Å². The van der Waals surface area contributed by atoms with E-state index in [9.17, 15) is 23.2 Å². The lowest BCUT2D eigenvalue weighted by atomic mass is 9.89. The van der Waals surface area contributed by atoms with Gasteiger partial charge in [0.05, 0.1) is 11.4 Å². The van der Waals surface area contributed by atoms with Crippen LogP contribution in [-0.4, -0.2) is 41.1 Å². The van der Waals surface area contributed by atoms with E-state index in [1.165, 1.54) is 18.2 Å². The summed E-state index contributed by atoms with van der Waals surface area (Å²) in [7, 11) is -4.34. The van der Waals surface area contributed by atoms with Crippen LogP contribution < -0.4 is 15.8 Å². The molecule has 0 bridgehead atoms. The van der Waals surface area contributed by atoms with Crippen LogP contribution in [0.4, 0.5) is 0 Å². The monoisotopic (exact) mass is 513 g/mol. The van der Waals surface area contributed by atoms with Crippen LogP contribution in [0.15, 0.2) is 59.6 Å². The molecule has 6 N–H and O–H groups in total. The van der Waals surface area contributed by atoms with Gasteiger partial charge < -0.3 is 26.0 Å². The lowest BCUT2D eigenvalue weighted by Gasteiger charge is -2.22. The van der Waals surface area contributed by atoms with Crippen molar-refractivity contribution in [3.05, 3.63) is 71.3 Å². The standard InChI is InChI=1S/C26H31N3O6S/c1-2-18(20-10-13-25-21(15-20)5-4-14-28-26(27)29-17-35-25)16-23(36(32,33)34)6-3-7-24(31)19-8-11-22(30)12-9-19/h3,7-13,15,18,23-24,30-31H,2,5-6,16-17H2,1H3,(H3,27,28,29)(H,32,33,34)/b7-3+/t18-,23+,24-/m1/s1. The Morgan fingerprint density at radius 2 is 1.94 bits per heavy atom. The third kappa shape index (κ3) is 7.75. The minimum atomic E-state index is -4.34. The van der Waals surface area contributed by atoms with Crippen molar-refractivity contribution in [1.29, 1.82) is 0 Å². The van der Waals surface area contributed by atoms with Crippen molar-refractivity contribution in [2.24, 2.45) is 10.7 Å². The van der Waals surface area contributed by atoms with Gasteiger partial charge in [0, 0.05) is 18.0 Å². The number of fused-ring (bicyclic) bond motifs is 1. The summed E-state index contributed by atoms with van der Waals surface area (Å²) < 4.78 is 40.0. The summed E-state index contributed by atoms with van der Waals surface area (Å²) in [5.41, 5.74) is 7.97. The third-order valence-electron chi connectivity index (χ3n) is 5.98. The molecule has 2 aromatic rings. The van der Waals surface area contributed by atoms with E-state index in [4.69, 9.17) is 10.5 Å². The van der Waals surface area contributed by atoms with Crippen LogP contribution in [0.1, 0.15) is 54.9 Å². The minimum Gasteiger partial charge on any atom is -0.508 e. The Morgan fingerprint density at radius 3 is 2.64 bits per heavy atom. The van der Waals surface area contributed by atoms with Gasteiger partial charge in [-0.1, -0.05) is 49.3 Å². The molecule has 0 aromatic heterocycles. The first-order chi connectivity index (χ1) is 17.2. The number of nitrogens with one attached hydrogen (secondary N) is 1. The molecular formula is C26H31N3O6S. The van der Waals surface area contributed by atoms with Crippen LogP contribution in [0, 0.1) is 12.0 Å². The van der Waals surface area contributed by atoms with Crippen LogP contribution in [0.25, 0.3) is 0 Å². The Kier molecular flexibility index (Phi) is 9.36. The molecule has 36 heavy (non-hydrogen) atoms. The van der Waals surface area contributed by atoms with Crippen molar-refractivity contribution in [3.8, 4) is 23.5 Å². The molecule has 1 heterocycles. The Morgan fingerprint density at radius 1 is 1.22 bits per heavy atom. The van der Waals surface area contributed by atoms with E-state index in [1.807, 2.05) is 25.1 Å². The highest BCUT2D eigenvalue weighted by molar-refractivity contribution is 7.86. The first-order valence-corrected chi connectivity index (χ1v) is 13.1. The summed E-state index contributed by atoms with van der Waals surface area (Å²) in [6.45, 7) is 2.09. The fourth-order valence-corrected chi connectivity index (χ4v) is 4.76. The molecular weight excluding hydrogens is 482 g/mol. The second-order valence-electron chi connectivity index (χ2n) is 8.47. The average molecular weight is 514 g/mol. The zero-order chi connectivity index (χ0) is 26.1. The highest BCUT2D eigenvalue weighted by Gasteiger charge is 2.26. The molecule has 3 atom stereocenters. The van der Waals surface area contributed by atoms with Gasteiger partial charge in [-0.15, -0.1) is 0 Å². The maximum Gasteiger partial charge on any atom is 0.268 e. The average Bonchev–Trinajstić information content (AvgIpc) is 2.84. The minimum absolute atomic E-state index is 0.0368. The number of hydrogen-bond acceptors (Lipinski definition) is 8. The Labute approximate surface area is 211 Å². The summed E-state index contributed by atoms with van der Waals surface area (Å²) >= 11 is 0. The molecule has 0 unspecified atom stereocenters. The van der Waals surface area contributed by atoms with Crippen LogP contribution in [0.5, 0.6) is 11.5 Å². The van der Waals surface area contributed by atoms with Crippen molar-refractivity contribution < 1.29 is 27.9 Å². The molecule has 9 nitrogen and oxygen atoms in total. The van der Waals surface area contributed by atoms with Crippen LogP contribution >= 0.6 is 0 Å². The predicted octanol–water partition coefficient (Wildman–Crippen LogP) is 2.97. The molecule has 192 valence electrons. The molecule has 1 aliphatic rings. The number of aliphatic imine (C=N–C) groups is 1. The molecule has 0 radical (unpaired) electrons. The highest BCUT2D eigenvalue weighted by Crippen LogP contribution is 2.32. The molecule has 3 rings (SSSR count). The number of phenols is 1. The first kappa shape index (κ1) is 27.1. The van der Waals surface area contributed by atoms with Gasteiger partial charge in [0.2, 0.25) is 5.96 Å². The van der Waals surface area contributed by atoms with E-state index in [0.29, 0.717) is 24.2 Å². The molecule has 0 saturated heterocycles. The summed E-state index contributed by atoms with van der Waals surface area (Å²) in [6, 6.07) is 14.4. The summed E-state index contributed by atoms with van der Waals surface area (Å²) in [6.07, 6.45) is 3.33. The number of rotatable bonds is 9. The Hall–Kier alpha value is -3.52. The van der Waals surface area contributed by atoms with E-state index in [0.717, 1.165) is 11.1 Å². The number of hydrogen-bond donors (Lipinski definition) is 5. The lowest BCUT2D eigenvalue weighted by molar-refractivity contribution is 0.228. The summed E-state index contributed by atoms with van der Waals surface area (Å²) in [4.78, 5) is 3.87. The maximum absolute atomic E-state index is 12.2. The van der Waals surface area contributed by atoms with Gasteiger partial charge in [0.25, 0.3) is 10.1 Å². The predicted molar refractivity (Wildman–Crippen MR) is 138 cm³/mol. The van der Waals surface area contributed by atoms with E-state index in [-0.39, 0.29) is 37.2 Å². The maximum atomic E-state index is 12.2. The highest BCUT2D eigenvalue weighted by atomic mass is 32.2. The number of phenolic OH excluding ortho intramolecular Hbond substituents is 1. The molecule has 0 aliphatic carbocycles. The lowest BCUT2D eigenvalue weighted by Crippen LogP contribution is -2.34. The SMILES string of the molecule is CC[C@H](C[C@H](C/C=C/[C@@H](O)c1ccc(O)cc1)S(=O)(=O)O)c1ccc2c(c1)CC#CN=C(N)NCO2. The Balaban J connectivity index is 1.75. The fraction of sp³-hybridized carbons (Fsp3) is 0.346. The molecule has 10 heteroatoms. The van der Waals surface area contributed by atoms with Crippen molar-refractivity contribution in [3.63, 3.8) is 0 Å². The van der Waals surface area contributed by atoms with E-state index in [2.05, 4.69) is 22.3 Å². The van der Waals surface area contributed by atoms with Gasteiger partial charge in [-0.3, -0.25) is 4.55 Å². The topological polar surface area (TPSA) is 154 Å². The van der Waals surface area contributed by atoms with Crippen LogP contribution in [-0.2, 0) is 16.5 Å². The van der Waals surface area contributed by atoms with Gasteiger partial charge >= 0.3 is 0 Å². The number of benzene rings is 2. The van der Waals surface area contributed by atoms with Crippen molar-refractivity contribution in [2.75, 3.05) is 6.73 Å². The molecule has 0 fully saturated rings. The van der Waals surface area contributed by atoms with Gasteiger partial charge in [-0.25, -0.2) is 0 Å². The smallest absolute Gasteiger partial charge is 0.268 e. The zero-order valence-electron chi connectivity index (χ0n) is 20.0. The van der Waals surface area contributed by atoms with E-state index in [1.54, 1.807) is 18.2 Å². The van der Waals surface area contributed by atoms with Gasteiger partial charge in [0.1, 0.15) is 11.5 Å². The largest absolute Gasteiger partial charge is 0.508 e. The van der Waals surface area contributed by atoms with E-state index >= 15 is 0 Å². The molecule has 0 spiro atoms. The zero-order valence-corrected chi connectivity index (χ0v) is 20.8. The molecule has 1 aliphatic heterocycles. The number of nitrogens with two attached hydrogens (primary N) is 1. The van der Waals surface area contributed by atoms with Crippen molar-refractivity contribution in [1.82, 2.24) is 5.32 Å². The number of guanidine groups is 1. The van der Waals surface area contributed by atoms with Crippen molar-refractivity contribution in [2.45, 2.75) is 49.9 Å². The molecule has 0 amide bonds. The number of nitrogens with zero attached hydrogens (tertiary/aromatic N) is 1. The number of allylic oxidation sites excluding steroid dienone is 1. The second-order valence-corrected chi connectivity index (χ2v) is 10.2. The third-order valence-corrected chi connectivity index (χ3v) is 7.21. The number of aliphatic hydroxyl groups excluding tert-OH is 1. The molecule has 2 aromatic carbocycles. The number of aliphatic hydroxyl groups is 1. The van der Waals surface area contributed by atoms with Crippen LogP contribution in [0.3, 0.4) is 0 Å². The second kappa shape index (κ2) is 12.4. The first-order valence-electron chi connectivity index (χ1n) is 11.6. The van der Waals surface area contributed by atoms with Gasteiger partial charge in [0.15, 0.2) is 6.73 Å². The molecule has 0 saturated carbocycles. The number of aromatic hydroxyl groups is 1. The Bertz CT molecular complexity index is 1260. The van der Waals surface area contributed by atoms with Gasteiger partial charge in [-0.2, -0.15) is 13.4 Å². The fourth-order valence-electron chi connectivity index (χ4n) is 3.93. The van der Waals surface area contributed by atoms with Gasteiger partial charge in [-0.05, 0) is 54.5 Å². The van der Waals surface area contributed by atoms with Crippen LogP contribution in [0.2, 0.25) is 0 Å². The summed E-state index contributed by atoms with van der Waals surface area (Å²) in [5, 5.41) is 21.5. The van der Waals surface area contributed by atoms with E-state index < -0.39 is 21.5 Å². The number of ether oxygens (including phenoxy) is 1. The quantitative estimate of drug-likeness (QED) is 0.195.